The van der Waals surface area contributed by atoms with Gasteiger partial charge in [0.2, 0.25) is 0 Å². The minimum atomic E-state index is -0.813. The van der Waals surface area contributed by atoms with Crippen molar-refractivity contribution in [1.82, 2.24) is 4.90 Å². The van der Waals surface area contributed by atoms with Gasteiger partial charge in [0, 0.05) is 13.1 Å². The third-order valence-corrected chi connectivity index (χ3v) is 3.03. The summed E-state index contributed by atoms with van der Waals surface area (Å²) in [6.07, 6.45) is 1.11. The zero-order chi connectivity index (χ0) is 17.2. The van der Waals surface area contributed by atoms with Gasteiger partial charge in [-0.05, 0) is 19.9 Å². The van der Waals surface area contributed by atoms with Crippen molar-refractivity contribution in [3.63, 3.8) is 0 Å². The summed E-state index contributed by atoms with van der Waals surface area (Å²) >= 11 is 0. The summed E-state index contributed by atoms with van der Waals surface area (Å²) in [6.45, 7) is 5.50. The maximum absolute atomic E-state index is 12.1. The first-order valence-electron chi connectivity index (χ1n) is 7.33. The van der Waals surface area contributed by atoms with Crippen LogP contribution in [-0.2, 0) is 23.8 Å². The number of hydrogen-bond acceptors (Lipinski definition) is 8. The molecule has 0 unspecified atom stereocenters. The minimum Gasteiger partial charge on any atom is -0.462 e. The molecule has 0 saturated carbocycles. The smallest absolute Gasteiger partial charge is 0.348 e. The van der Waals surface area contributed by atoms with E-state index in [1.54, 1.807) is 24.8 Å². The number of nitrogens with two attached hydrogens (primary N) is 1. The van der Waals surface area contributed by atoms with Crippen LogP contribution in [0.2, 0.25) is 0 Å². The number of carbonyl (C=O) groups is 2. The van der Waals surface area contributed by atoms with E-state index in [2.05, 4.69) is 0 Å². The second kappa shape index (κ2) is 9.48. The Bertz CT molecular complexity index is 542. The van der Waals surface area contributed by atoms with Gasteiger partial charge in [0.1, 0.15) is 23.0 Å². The monoisotopic (exact) mass is 323 g/mol. The highest BCUT2D eigenvalue weighted by atomic mass is 16.5. The molecule has 8 heteroatoms. The zero-order valence-electron chi connectivity index (χ0n) is 13.3. The van der Waals surface area contributed by atoms with E-state index >= 15 is 0 Å². The molecule has 126 valence electrons. The molecule has 1 rings (SSSR count). The van der Waals surface area contributed by atoms with Crippen LogP contribution in [0.25, 0.3) is 0 Å². The highest BCUT2D eigenvalue weighted by molar-refractivity contribution is 5.99. The van der Waals surface area contributed by atoms with Gasteiger partial charge in [-0.25, -0.2) is 9.59 Å². The summed E-state index contributed by atoms with van der Waals surface area (Å²) in [5, 5.41) is 9.11. The van der Waals surface area contributed by atoms with Gasteiger partial charge in [-0.2, -0.15) is 5.26 Å². The standard InChI is InChI=1S/C15H21N3O5/c1-3-22-14(19)11(10-16)9-12(15(20)23-4-2)13(17)18-5-7-21-8-6-18/h9H,3-8,17H2,1-2H3/b11-9+,13-12+. The van der Waals surface area contributed by atoms with Crippen molar-refractivity contribution in [2.24, 2.45) is 5.73 Å². The Morgan fingerprint density at radius 3 is 2.30 bits per heavy atom. The Hall–Kier alpha value is -2.53. The molecular weight excluding hydrogens is 302 g/mol. The lowest BCUT2D eigenvalue weighted by Crippen LogP contribution is -2.39. The van der Waals surface area contributed by atoms with Crippen molar-refractivity contribution in [2.75, 3.05) is 39.5 Å². The number of esters is 2. The van der Waals surface area contributed by atoms with E-state index in [1.807, 2.05) is 0 Å². The molecule has 1 heterocycles. The van der Waals surface area contributed by atoms with Gasteiger partial charge in [-0.15, -0.1) is 0 Å². The summed E-state index contributed by atoms with van der Waals surface area (Å²) in [5.74, 6) is -1.37. The highest BCUT2D eigenvalue weighted by Crippen LogP contribution is 2.14. The molecule has 1 aliphatic rings. The van der Waals surface area contributed by atoms with E-state index in [0.29, 0.717) is 26.3 Å². The molecule has 0 amide bonds. The van der Waals surface area contributed by atoms with Crippen molar-refractivity contribution in [1.29, 1.82) is 5.26 Å². The molecule has 1 aliphatic heterocycles. The SMILES string of the molecule is CCOC(=O)/C(C#N)=C/C(C(=O)OCC)=C(/N)N1CCOCC1. The van der Waals surface area contributed by atoms with E-state index in [9.17, 15) is 9.59 Å². The summed E-state index contributed by atoms with van der Waals surface area (Å²) in [5.41, 5.74) is 5.69. The van der Waals surface area contributed by atoms with Crippen molar-refractivity contribution >= 4 is 11.9 Å². The van der Waals surface area contributed by atoms with Crippen LogP contribution in [0.1, 0.15) is 13.8 Å². The Morgan fingerprint density at radius 1 is 1.22 bits per heavy atom. The second-order valence-electron chi connectivity index (χ2n) is 4.51. The van der Waals surface area contributed by atoms with Gasteiger partial charge in [-0.1, -0.05) is 0 Å². The summed E-state index contributed by atoms with van der Waals surface area (Å²) in [4.78, 5) is 25.6. The Kier molecular flexibility index (Phi) is 7.63. The van der Waals surface area contributed by atoms with Gasteiger partial charge in [0.05, 0.1) is 26.4 Å². The first kappa shape index (κ1) is 18.5. The van der Waals surface area contributed by atoms with Gasteiger partial charge >= 0.3 is 11.9 Å². The fourth-order valence-electron chi connectivity index (χ4n) is 1.91. The van der Waals surface area contributed by atoms with Crippen molar-refractivity contribution in [2.45, 2.75) is 13.8 Å². The first-order valence-corrected chi connectivity index (χ1v) is 7.33. The minimum absolute atomic E-state index is 0.0432. The third kappa shape index (κ3) is 5.30. The molecular formula is C15H21N3O5. The molecule has 0 radical (unpaired) electrons. The molecule has 0 aromatic heterocycles. The molecule has 0 atom stereocenters. The fourth-order valence-corrected chi connectivity index (χ4v) is 1.91. The second-order valence-corrected chi connectivity index (χ2v) is 4.51. The lowest BCUT2D eigenvalue weighted by Gasteiger charge is -2.29. The Labute approximate surface area is 135 Å². The topological polar surface area (TPSA) is 115 Å². The predicted octanol–water partition coefficient (Wildman–Crippen LogP) is 0.0651. The van der Waals surface area contributed by atoms with E-state index < -0.39 is 11.9 Å². The summed E-state index contributed by atoms with van der Waals surface area (Å²) < 4.78 is 15.0. The zero-order valence-corrected chi connectivity index (χ0v) is 13.3. The van der Waals surface area contributed by atoms with Gasteiger partial charge in [-0.3, -0.25) is 0 Å². The van der Waals surface area contributed by atoms with E-state index in [0.717, 1.165) is 6.08 Å². The molecule has 0 aromatic carbocycles. The van der Waals surface area contributed by atoms with E-state index in [1.165, 1.54) is 0 Å². The molecule has 0 aromatic rings. The molecule has 0 aliphatic carbocycles. The van der Waals surface area contributed by atoms with Crippen molar-refractivity contribution < 1.29 is 23.8 Å². The molecule has 1 fully saturated rings. The third-order valence-electron chi connectivity index (χ3n) is 3.03. The Balaban J connectivity index is 3.20. The number of nitrogens with zero attached hydrogens (tertiary/aromatic N) is 2. The van der Waals surface area contributed by atoms with E-state index in [-0.39, 0.29) is 30.2 Å². The van der Waals surface area contributed by atoms with Crippen LogP contribution in [0.5, 0.6) is 0 Å². The van der Waals surface area contributed by atoms with Crippen LogP contribution >= 0.6 is 0 Å². The molecule has 0 bridgehead atoms. The first-order chi connectivity index (χ1) is 11.0. The van der Waals surface area contributed by atoms with Crippen molar-refractivity contribution in [3.05, 3.63) is 23.0 Å². The number of ether oxygens (including phenoxy) is 3. The maximum Gasteiger partial charge on any atom is 0.348 e. The highest BCUT2D eigenvalue weighted by Gasteiger charge is 2.22. The van der Waals surface area contributed by atoms with Gasteiger partial charge < -0.3 is 24.8 Å². The average Bonchev–Trinajstić information content (AvgIpc) is 2.56. The van der Waals surface area contributed by atoms with Crippen LogP contribution in [0, 0.1) is 11.3 Å². The fraction of sp³-hybridized carbons (Fsp3) is 0.533. The van der Waals surface area contributed by atoms with Crippen LogP contribution in [0.4, 0.5) is 0 Å². The lowest BCUT2D eigenvalue weighted by atomic mass is 10.1. The molecule has 2 N–H and O–H groups in total. The maximum atomic E-state index is 12.1. The largest absolute Gasteiger partial charge is 0.462 e. The average molecular weight is 323 g/mol. The summed E-state index contributed by atoms with van der Waals surface area (Å²) in [7, 11) is 0. The van der Waals surface area contributed by atoms with Crippen LogP contribution in [0.15, 0.2) is 23.0 Å². The molecule has 1 saturated heterocycles. The van der Waals surface area contributed by atoms with Crippen LogP contribution in [0.3, 0.4) is 0 Å². The number of nitriles is 1. The molecule has 0 spiro atoms. The van der Waals surface area contributed by atoms with Crippen molar-refractivity contribution in [3.8, 4) is 6.07 Å². The predicted molar refractivity (Wildman–Crippen MR) is 80.6 cm³/mol. The molecule has 8 nitrogen and oxygen atoms in total. The number of morpholine rings is 1. The number of carbonyl (C=O) groups excluding carboxylic acids is 2. The lowest BCUT2D eigenvalue weighted by molar-refractivity contribution is -0.138. The quantitative estimate of drug-likeness (QED) is 0.316. The number of hydrogen-bond donors (Lipinski definition) is 1. The van der Waals surface area contributed by atoms with Gasteiger partial charge in [0.15, 0.2) is 0 Å². The van der Waals surface area contributed by atoms with Crippen LogP contribution in [-0.4, -0.2) is 56.4 Å². The van der Waals surface area contributed by atoms with Gasteiger partial charge in [0.25, 0.3) is 0 Å². The molecule has 23 heavy (non-hydrogen) atoms. The number of rotatable bonds is 6. The summed E-state index contributed by atoms with van der Waals surface area (Å²) in [6, 6.07) is 1.72. The van der Waals surface area contributed by atoms with E-state index in [4.69, 9.17) is 25.2 Å². The Morgan fingerprint density at radius 2 is 1.78 bits per heavy atom. The van der Waals surface area contributed by atoms with Crippen LogP contribution < -0.4 is 5.73 Å². The normalized spacial score (nSPS) is 16.2.